The zero-order valence-electron chi connectivity index (χ0n) is 15.5. The standard InChI is InChI=1S/C19H22N4O2S2/c1-4-23-17(16-6-5-11-26-16)21-22-19(23)27-13(2)18(24)20-12-14-7-9-15(25-3)10-8-14/h5-11,13H,4,12H2,1-3H3,(H,20,24)/t13-/m0/s1. The van der Waals surface area contributed by atoms with Crippen LogP contribution in [-0.4, -0.2) is 33.0 Å². The summed E-state index contributed by atoms with van der Waals surface area (Å²) in [5.41, 5.74) is 1.03. The molecule has 6 nitrogen and oxygen atoms in total. The molecule has 3 rings (SSSR count). The molecule has 1 atom stereocenters. The van der Waals surface area contributed by atoms with Crippen molar-refractivity contribution in [3.63, 3.8) is 0 Å². The smallest absolute Gasteiger partial charge is 0.233 e. The van der Waals surface area contributed by atoms with Gasteiger partial charge in [0.25, 0.3) is 0 Å². The van der Waals surface area contributed by atoms with Gasteiger partial charge in [-0.3, -0.25) is 4.79 Å². The molecular formula is C19H22N4O2S2. The van der Waals surface area contributed by atoms with Gasteiger partial charge in [0.2, 0.25) is 5.91 Å². The minimum atomic E-state index is -0.270. The number of thiophene rings is 1. The van der Waals surface area contributed by atoms with Crippen molar-refractivity contribution in [3.05, 3.63) is 47.3 Å². The van der Waals surface area contributed by atoms with Crippen molar-refractivity contribution in [2.45, 2.75) is 37.3 Å². The third-order valence-electron chi connectivity index (χ3n) is 4.05. The minimum absolute atomic E-state index is 0.0286. The summed E-state index contributed by atoms with van der Waals surface area (Å²) in [7, 11) is 1.63. The molecule has 0 saturated carbocycles. The molecule has 2 heterocycles. The van der Waals surface area contributed by atoms with Crippen LogP contribution in [0.1, 0.15) is 19.4 Å². The van der Waals surface area contributed by atoms with Gasteiger partial charge in [-0.2, -0.15) is 0 Å². The number of nitrogens with zero attached hydrogens (tertiary/aromatic N) is 3. The van der Waals surface area contributed by atoms with Crippen LogP contribution in [0.5, 0.6) is 5.75 Å². The molecule has 0 spiro atoms. The van der Waals surface area contributed by atoms with E-state index in [9.17, 15) is 4.79 Å². The Morgan fingerprint density at radius 1 is 1.30 bits per heavy atom. The van der Waals surface area contributed by atoms with Crippen LogP contribution in [0.2, 0.25) is 0 Å². The second-order valence-electron chi connectivity index (χ2n) is 5.85. The van der Waals surface area contributed by atoms with Crippen LogP contribution in [-0.2, 0) is 17.9 Å². The van der Waals surface area contributed by atoms with E-state index in [1.807, 2.05) is 53.3 Å². The second kappa shape index (κ2) is 9.05. The fourth-order valence-electron chi connectivity index (χ4n) is 2.54. The summed E-state index contributed by atoms with van der Waals surface area (Å²) < 4.78 is 7.19. The average molecular weight is 403 g/mol. The highest BCUT2D eigenvalue weighted by Gasteiger charge is 2.20. The second-order valence-corrected chi connectivity index (χ2v) is 8.11. The molecule has 0 aliphatic rings. The van der Waals surface area contributed by atoms with Crippen molar-refractivity contribution in [1.82, 2.24) is 20.1 Å². The fourth-order valence-corrected chi connectivity index (χ4v) is 4.19. The summed E-state index contributed by atoms with van der Waals surface area (Å²) >= 11 is 3.06. The molecule has 3 aromatic rings. The van der Waals surface area contributed by atoms with E-state index in [1.54, 1.807) is 18.4 Å². The monoisotopic (exact) mass is 402 g/mol. The maximum Gasteiger partial charge on any atom is 0.233 e. The maximum absolute atomic E-state index is 12.5. The highest BCUT2D eigenvalue weighted by molar-refractivity contribution is 8.00. The number of hydrogen-bond acceptors (Lipinski definition) is 6. The van der Waals surface area contributed by atoms with E-state index in [-0.39, 0.29) is 11.2 Å². The van der Waals surface area contributed by atoms with Crippen molar-refractivity contribution in [3.8, 4) is 16.5 Å². The Morgan fingerprint density at radius 3 is 2.70 bits per heavy atom. The molecule has 8 heteroatoms. The number of nitrogens with one attached hydrogen (secondary N) is 1. The number of ether oxygens (including phenoxy) is 1. The fraction of sp³-hybridized carbons (Fsp3) is 0.316. The normalized spacial score (nSPS) is 12.0. The van der Waals surface area contributed by atoms with Crippen molar-refractivity contribution in [1.29, 1.82) is 0 Å². The molecule has 0 fully saturated rings. The third-order valence-corrected chi connectivity index (χ3v) is 6.00. The van der Waals surface area contributed by atoms with E-state index < -0.39 is 0 Å². The summed E-state index contributed by atoms with van der Waals surface area (Å²) in [6.45, 7) is 5.17. The molecule has 142 valence electrons. The summed E-state index contributed by atoms with van der Waals surface area (Å²) in [4.78, 5) is 13.5. The first-order chi connectivity index (χ1) is 13.1. The topological polar surface area (TPSA) is 69.0 Å². The Bertz CT molecular complexity index is 876. The Balaban J connectivity index is 1.61. The van der Waals surface area contributed by atoms with E-state index in [0.29, 0.717) is 6.54 Å². The first-order valence-electron chi connectivity index (χ1n) is 8.66. The predicted octanol–water partition coefficient (Wildman–Crippen LogP) is 3.83. The number of benzene rings is 1. The Labute approximate surface area is 167 Å². The number of methoxy groups -OCH3 is 1. The van der Waals surface area contributed by atoms with E-state index in [1.165, 1.54) is 11.8 Å². The van der Waals surface area contributed by atoms with Crippen LogP contribution in [0, 0.1) is 0 Å². The number of carbonyl (C=O) groups is 1. The molecule has 0 saturated heterocycles. The third kappa shape index (κ3) is 4.70. The Hall–Kier alpha value is -2.32. The molecule has 0 aliphatic carbocycles. The van der Waals surface area contributed by atoms with Crippen molar-refractivity contribution >= 4 is 29.0 Å². The van der Waals surface area contributed by atoms with Crippen LogP contribution in [0.4, 0.5) is 0 Å². The number of thioether (sulfide) groups is 1. The van der Waals surface area contributed by atoms with Gasteiger partial charge in [0.1, 0.15) is 5.75 Å². The average Bonchev–Trinajstić information content (AvgIpc) is 3.35. The van der Waals surface area contributed by atoms with E-state index in [2.05, 4.69) is 22.4 Å². The van der Waals surface area contributed by atoms with Gasteiger partial charge >= 0.3 is 0 Å². The van der Waals surface area contributed by atoms with Crippen molar-refractivity contribution in [2.75, 3.05) is 7.11 Å². The first-order valence-corrected chi connectivity index (χ1v) is 10.4. The van der Waals surface area contributed by atoms with Gasteiger partial charge in [-0.05, 0) is 43.0 Å². The molecule has 0 radical (unpaired) electrons. The highest BCUT2D eigenvalue weighted by Crippen LogP contribution is 2.29. The van der Waals surface area contributed by atoms with Gasteiger partial charge in [-0.25, -0.2) is 0 Å². The number of aromatic nitrogens is 3. The molecule has 0 bridgehead atoms. The largest absolute Gasteiger partial charge is 0.497 e. The number of amides is 1. The van der Waals surface area contributed by atoms with E-state index in [0.717, 1.165) is 33.7 Å². The number of hydrogen-bond donors (Lipinski definition) is 1. The quantitative estimate of drug-likeness (QED) is 0.580. The van der Waals surface area contributed by atoms with Crippen LogP contribution >= 0.6 is 23.1 Å². The summed E-state index contributed by atoms with van der Waals surface area (Å²) in [5, 5.41) is 14.1. The van der Waals surface area contributed by atoms with Crippen molar-refractivity contribution < 1.29 is 9.53 Å². The molecule has 2 aromatic heterocycles. The lowest BCUT2D eigenvalue weighted by atomic mass is 10.2. The summed E-state index contributed by atoms with van der Waals surface area (Å²) in [6.07, 6.45) is 0. The molecule has 0 aliphatic heterocycles. The Morgan fingerprint density at radius 2 is 2.07 bits per heavy atom. The first kappa shape index (κ1) is 19.4. The molecule has 1 N–H and O–H groups in total. The molecule has 1 aromatic carbocycles. The van der Waals surface area contributed by atoms with Gasteiger partial charge in [-0.15, -0.1) is 21.5 Å². The molecule has 27 heavy (non-hydrogen) atoms. The van der Waals surface area contributed by atoms with Gasteiger partial charge in [0.15, 0.2) is 11.0 Å². The molecular weight excluding hydrogens is 380 g/mol. The number of carbonyl (C=O) groups excluding carboxylic acids is 1. The highest BCUT2D eigenvalue weighted by atomic mass is 32.2. The molecule has 0 unspecified atom stereocenters. The van der Waals surface area contributed by atoms with Gasteiger partial charge < -0.3 is 14.6 Å². The van der Waals surface area contributed by atoms with Crippen LogP contribution in [0.25, 0.3) is 10.7 Å². The lowest BCUT2D eigenvalue weighted by Gasteiger charge is -2.13. The van der Waals surface area contributed by atoms with E-state index in [4.69, 9.17) is 4.74 Å². The predicted molar refractivity (Wildman–Crippen MR) is 109 cm³/mol. The summed E-state index contributed by atoms with van der Waals surface area (Å²) in [5.74, 6) is 1.62. The van der Waals surface area contributed by atoms with Gasteiger partial charge in [0, 0.05) is 13.1 Å². The van der Waals surface area contributed by atoms with E-state index >= 15 is 0 Å². The maximum atomic E-state index is 12.5. The SMILES string of the molecule is CCn1c(S[C@@H](C)C(=O)NCc2ccc(OC)cc2)nnc1-c1cccs1. The zero-order chi connectivity index (χ0) is 19.2. The Kier molecular flexibility index (Phi) is 6.52. The van der Waals surface area contributed by atoms with Crippen molar-refractivity contribution in [2.24, 2.45) is 0 Å². The van der Waals surface area contributed by atoms with Crippen LogP contribution in [0.15, 0.2) is 46.9 Å². The minimum Gasteiger partial charge on any atom is -0.497 e. The van der Waals surface area contributed by atoms with Gasteiger partial charge in [-0.1, -0.05) is 30.0 Å². The number of rotatable bonds is 8. The lowest BCUT2D eigenvalue weighted by molar-refractivity contribution is -0.120. The van der Waals surface area contributed by atoms with Gasteiger partial charge in [0.05, 0.1) is 17.2 Å². The zero-order valence-corrected chi connectivity index (χ0v) is 17.1. The van der Waals surface area contributed by atoms with Crippen LogP contribution in [0.3, 0.4) is 0 Å². The van der Waals surface area contributed by atoms with Crippen LogP contribution < -0.4 is 10.1 Å². The summed E-state index contributed by atoms with van der Waals surface area (Å²) in [6, 6.07) is 11.7. The lowest BCUT2D eigenvalue weighted by Crippen LogP contribution is -2.30. The molecule has 1 amide bonds.